The van der Waals surface area contributed by atoms with E-state index in [1.165, 1.54) is 41.5 Å². The summed E-state index contributed by atoms with van der Waals surface area (Å²) in [4.78, 5) is 72.8. The number of carboxylic acid groups (broad SMARTS) is 5. The smallest absolute Gasteiger partial charge is 0.381 e. The lowest BCUT2D eigenvalue weighted by molar-refractivity contribution is -0.208. The zero-order valence-electron chi connectivity index (χ0n) is 29.2. The second-order valence-electron chi connectivity index (χ2n) is 9.54. The molecule has 1 heterocycles. The van der Waals surface area contributed by atoms with Gasteiger partial charge in [-0.1, -0.05) is 51.6 Å². The Bertz CT molecular complexity index is 1410. The van der Waals surface area contributed by atoms with Gasteiger partial charge in [0.15, 0.2) is 0 Å². The van der Waals surface area contributed by atoms with Gasteiger partial charge in [-0.3, -0.25) is 9.87 Å². The SMILES string of the molecule is C=C(C)C(=O)O.C=C(C)C(=O)O.C=C(C)C(=O)O.C=C(C)C(=O)O.C=C(C)C(=O)O.C=C(C)C(=O)OOc1ccccc1N=Nc1ccncc1. The Morgan fingerprint density at radius 2 is 0.843 bits per heavy atom. The summed E-state index contributed by atoms with van der Waals surface area (Å²) in [5.41, 5.74) is 2.21. The van der Waals surface area contributed by atoms with Crippen molar-refractivity contribution < 1.29 is 64.1 Å². The summed E-state index contributed by atoms with van der Waals surface area (Å²) < 4.78 is 0. The molecule has 2 aromatic rings. The van der Waals surface area contributed by atoms with E-state index in [1.807, 2.05) is 0 Å². The number of benzene rings is 1. The summed E-state index contributed by atoms with van der Waals surface area (Å²) in [7, 11) is 0. The lowest BCUT2D eigenvalue weighted by atomic mass is 10.3. The first-order valence-electron chi connectivity index (χ1n) is 13.8. The summed E-state index contributed by atoms with van der Waals surface area (Å²) in [6.07, 6.45) is 3.23. The predicted molar refractivity (Wildman–Crippen MR) is 189 cm³/mol. The van der Waals surface area contributed by atoms with Crippen LogP contribution in [0.15, 0.2) is 132 Å². The number of rotatable bonds is 10. The normalized spacial score (nSPS) is 8.67. The van der Waals surface area contributed by atoms with E-state index in [0.717, 1.165) is 0 Å². The third-order valence-electron chi connectivity index (χ3n) is 4.18. The Hall–Kier alpha value is -6.97. The number of carbonyl (C=O) groups is 6. The van der Waals surface area contributed by atoms with Gasteiger partial charge in [0.2, 0.25) is 5.75 Å². The molecule has 0 spiro atoms. The number of nitrogens with zero attached hydrogens (tertiary/aromatic N) is 3. The zero-order chi connectivity index (χ0) is 40.9. The van der Waals surface area contributed by atoms with Crippen molar-refractivity contribution in [2.24, 2.45) is 10.2 Å². The summed E-state index contributed by atoms with van der Waals surface area (Å²) in [5, 5.41) is 47.6. The fourth-order valence-corrected chi connectivity index (χ4v) is 1.29. The Labute approximate surface area is 295 Å². The molecule has 2 rings (SSSR count). The van der Waals surface area contributed by atoms with Gasteiger partial charge >= 0.3 is 35.8 Å². The molecule has 1 aromatic heterocycles. The van der Waals surface area contributed by atoms with Gasteiger partial charge < -0.3 is 25.5 Å². The van der Waals surface area contributed by atoms with Gasteiger partial charge in [0, 0.05) is 45.8 Å². The van der Waals surface area contributed by atoms with Crippen LogP contribution in [0.5, 0.6) is 5.75 Å². The molecular weight excluding hydrogens is 670 g/mol. The minimum absolute atomic E-state index is 0.176. The van der Waals surface area contributed by atoms with Crippen molar-refractivity contribution in [3.05, 3.63) is 122 Å². The van der Waals surface area contributed by atoms with Crippen molar-refractivity contribution in [1.29, 1.82) is 0 Å². The number of para-hydroxylation sites is 1. The molecule has 5 N–H and O–H groups in total. The molecular formula is C35H43N3O13. The van der Waals surface area contributed by atoms with Crippen LogP contribution < -0.4 is 4.89 Å². The first-order chi connectivity index (χ1) is 23.4. The summed E-state index contributed by atoms with van der Waals surface area (Å²) in [6.45, 7) is 28.0. The van der Waals surface area contributed by atoms with Crippen molar-refractivity contribution in [1.82, 2.24) is 4.98 Å². The number of carbonyl (C=O) groups excluding carboxylic acids is 1. The molecule has 16 heteroatoms. The number of aromatic nitrogens is 1. The first kappa shape index (κ1) is 50.9. The van der Waals surface area contributed by atoms with E-state index in [-0.39, 0.29) is 39.2 Å². The van der Waals surface area contributed by atoms with Gasteiger partial charge in [0.25, 0.3) is 0 Å². The molecule has 1 aromatic carbocycles. The molecule has 16 nitrogen and oxygen atoms in total. The molecule has 51 heavy (non-hydrogen) atoms. The van der Waals surface area contributed by atoms with E-state index in [9.17, 15) is 28.8 Å². The number of aliphatic carboxylic acids is 5. The van der Waals surface area contributed by atoms with Crippen molar-refractivity contribution in [3.63, 3.8) is 0 Å². The monoisotopic (exact) mass is 713 g/mol. The Morgan fingerprint density at radius 3 is 1.14 bits per heavy atom. The number of azo groups is 1. The highest BCUT2D eigenvalue weighted by Gasteiger charge is 2.09. The van der Waals surface area contributed by atoms with Crippen LogP contribution in [0.2, 0.25) is 0 Å². The van der Waals surface area contributed by atoms with Crippen molar-refractivity contribution in [2.75, 3.05) is 0 Å². The minimum Gasteiger partial charge on any atom is -0.478 e. The lowest BCUT2D eigenvalue weighted by Crippen LogP contribution is -2.08. The molecule has 0 saturated heterocycles. The van der Waals surface area contributed by atoms with E-state index in [4.69, 9.17) is 30.4 Å². The minimum atomic E-state index is -0.935. The molecule has 0 saturated carbocycles. The molecule has 0 aliphatic heterocycles. The van der Waals surface area contributed by atoms with Crippen LogP contribution in [0.1, 0.15) is 41.5 Å². The lowest BCUT2D eigenvalue weighted by Gasteiger charge is -2.05. The molecule has 0 radical (unpaired) electrons. The average Bonchev–Trinajstić information content (AvgIpc) is 3.04. The van der Waals surface area contributed by atoms with Crippen molar-refractivity contribution in [2.45, 2.75) is 41.5 Å². The highest BCUT2D eigenvalue weighted by molar-refractivity contribution is 5.87. The summed E-state index contributed by atoms with van der Waals surface area (Å²) in [6, 6.07) is 10.2. The molecule has 0 unspecified atom stereocenters. The Kier molecular flexibility index (Phi) is 29.1. The average molecular weight is 714 g/mol. The summed E-state index contributed by atoms with van der Waals surface area (Å²) >= 11 is 0. The maximum Gasteiger partial charge on any atom is 0.381 e. The predicted octanol–water partition coefficient (Wildman–Crippen LogP) is 7.15. The largest absolute Gasteiger partial charge is 0.478 e. The first-order valence-corrected chi connectivity index (χ1v) is 13.8. The highest BCUT2D eigenvalue weighted by atomic mass is 17.2. The van der Waals surface area contributed by atoms with Gasteiger partial charge in [-0.25, -0.2) is 33.7 Å². The second kappa shape index (κ2) is 29.2. The van der Waals surface area contributed by atoms with Gasteiger partial charge in [-0.15, -0.1) is 5.11 Å². The van der Waals surface area contributed by atoms with Crippen molar-refractivity contribution >= 4 is 47.2 Å². The van der Waals surface area contributed by atoms with Gasteiger partial charge in [-0.2, -0.15) is 5.11 Å². The van der Waals surface area contributed by atoms with Gasteiger partial charge in [-0.05, 0) is 65.8 Å². The second-order valence-corrected chi connectivity index (χ2v) is 9.54. The Morgan fingerprint density at radius 1 is 0.529 bits per heavy atom. The molecule has 0 bridgehead atoms. The molecule has 0 amide bonds. The van der Waals surface area contributed by atoms with E-state index < -0.39 is 35.8 Å². The van der Waals surface area contributed by atoms with Crippen LogP contribution in [0, 0.1) is 0 Å². The molecule has 0 aliphatic carbocycles. The van der Waals surface area contributed by atoms with Crippen LogP contribution in [0.4, 0.5) is 11.4 Å². The van der Waals surface area contributed by atoms with Gasteiger partial charge in [0.05, 0.1) is 5.69 Å². The van der Waals surface area contributed by atoms with Crippen molar-refractivity contribution in [3.8, 4) is 5.75 Å². The number of hydrogen-bond acceptors (Lipinski definition) is 11. The third-order valence-corrected chi connectivity index (χ3v) is 4.18. The quantitative estimate of drug-likeness (QED) is 0.0709. The number of pyridine rings is 1. The van der Waals surface area contributed by atoms with Crippen LogP contribution in [0.3, 0.4) is 0 Å². The Balaban J connectivity index is -0.000000303. The molecule has 0 fully saturated rings. The highest BCUT2D eigenvalue weighted by Crippen LogP contribution is 2.28. The zero-order valence-corrected chi connectivity index (χ0v) is 29.2. The maximum absolute atomic E-state index is 11.3. The van der Waals surface area contributed by atoms with Crippen LogP contribution in [-0.2, 0) is 33.7 Å². The van der Waals surface area contributed by atoms with Crippen LogP contribution in [0.25, 0.3) is 0 Å². The van der Waals surface area contributed by atoms with Gasteiger partial charge in [0.1, 0.15) is 5.69 Å². The number of carboxylic acids is 5. The van der Waals surface area contributed by atoms with E-state index in [1.54, 1.807) is 48.8 Å². The molecule has 0 aliphatic rings. The van der Waals surface area contributed by atoms with E-state index in [2.05, 4.69) is 59.6 Å². The maximum atomic E-state index is 11.3. The van der Waals surface area contributed by atoms with Crippen LogP contribution >= 0.6 is 0 Å². The summed E-state index contributed by atoms with van der Waals surface area (Å²) in [5.74, 6) is -5.04. The molecule has 276 valence electrons. The fourth-order valence-electron chi connectivity index (χ4n) is 1.29. The fraction of sp³-hybridized carbons (Fsp3) is 0.171. The standard InChI is InChI=1S/C15H13N3O3.5C4H6O2/c1-11(2)15(19)21-20-14-6-4-3-5-13(14)18-17-12-7-9-16-10-8-12;5*1-3(2)4(5)6/h3-10H,1H2,2H3;5*1H2,2H3,(H,5,6). The topological polar surface area (TPSA) is 260 Å². The van der Waals surface area contributed by atoms with Crippen LogP contribution in [-0.4, -0.2) is 66.3 Å². The van der Waals surface area contributed by atoms with E-state index >= 15 is 0 Å². The molecule has 0 atom stereocenters. The number of hydrogen-bond donors (Lipinski definition) is 5. The third kappa shape index (κ3) is 34.2. The van der Waals surface area contributed by atoms with E-state index in [0.29, 0.717) is 11.4 Å².